The van der Waals surface area contributed by atoms with Crippen molar-refractivity contribution in [3.63, 3.8) is 0 Å². The first-order valence-corrected chi connectivity index (χ1v) is 5.29. The van der Waals surface area contributed by atoms with Gasteiger partial charge in [-0.15, -0.1) is 0 Å². The van der Waals surface area contributed by atoms with Crippen molar-refractivity contribution in [2.45, 2.75) is 0 Å². The molecule has 0 radical (unpaired) electrons. The van der Waals surface area contributed by atoms with Crippen molar-refractivity contribution in [1.29, 1.82) is 0 Å². The zero-order valence-corrected chi connectivity index (χ0v) is 9.76. The molecule has 0 unspecified atom stereocenters. The van der Waals surface area contributed by atoms with E-state index in [1.54, 1.807) is 24.3 Å². The number of hydrogen-bond acceptors (Lipinski definition) is 1. The van der Waals surface area contributed by atoms with E-state index in [1.807, 2.05) is 0 Å². The average Bonchev–Trinajstić information content (AvgIpc) is 2.34. The highest BCUT2D eigenvalue weighted by atomic mass is 35.5. The summed E-state index contributed by atoms with van der Waals surface area (Å²) in [6.45, 7) is 0. The first kappa shape index (κ1) is 11.9. The number of methoxy groups -OCH3 is 1. The number of rotatable bonds is 2. The minimum Gasteiger partial charge on any atom is -0.496 e. The largest absolute Gasteiger partial charge is 0.496 e. The van der Waals surface area contributed by atoms with Crippen molar-refractivity contribution >= 4 is 11.6 Å². The van der Waals surface area contributed by atoms with Gasteiger partial charge in [0.1, 0.15) is 17.4 Å². The van der Waals surface area contributed by atoms with Gasteiger partial charge in [0.05, 0.1) is 12.1 Å². The molecule has 0 fully saturated rings. The van der Waals surface area contributed by atoms with Crippen LogP contribution in [0.15, 0.2) is 36.4 Å². The Morgan fingerprint density at radius 3 is 2.41 bits per heavy atom. The van der Waals surface area contributed by atoms with Crippen LogP contribution < -0.4 is 4.74 Å². The van der Waals surface area contributed by atoms with E-state index >= 15 is 0 Å². The maximum atomic E-state index is 13.7. The van der Waals surface area contributed by atoms with Crippen LogP contribution in [-0.4, -0.2) is 7.11 Å². The summed E-state index contributed by atoms with van der Waals surface area (Å²) in [5.41, 5.74) is 0.618. The fraction of sp³-hybridized carbons (Fsp3) is 0.0769. The molecule has 2 aromatic rings. The lowest BCUT2D eigenvalue weighted by molar-refractivity contribution is 0.416. The molecule has 0 aliphatic heterocycles. The van der Waals surface area contributed by atoms with Gasteiger partial charge in [-0.05, 0) is 18.2 Å². The van der Waals surface area contributed by atoms with E-state index in [1.165, 1.54) is 7.11 Å². The van der Waals surface area contributed by atoms with Crippen molar-refractivity contribution in [1.82, 2.24) is 0 Å². The molecule has 0 aromatic heterocycles. The van der Waals surface area contributed by atoms with Gasteiger partial charge in [-0.25, -0.2) is 8.78 Å². The number of benzene rings is 2. The van der Waals surface area contributed by atoms with Crippen LogP contribution >= 0.6 is 11.6 Å². The third-order valence-corrected chi connectivity index (χ3v) is 2.70. The average molecular weight is 255 g/mol. The summed E-state index contributed by atoms with van der Waals surface area (Å²) in [4.78, 5) is 0. The number of halogens is 3. The second-order valence-electron chi connectivity index (χ2n) is 3.45. The van der Waals surface area contributed by atoms with Gasteiger partial charge in [0.2, 0.25) is 0 Å². The zero-order chi connectivity index (χ0) is 12.4. The fourth-order valence-corrected chi connectivity index (χ4v) is 1.75. The van der Waals surface area contributed by atoms with Crippen LogP contribution in [-0.2, 0) is 0 Å². The minimum absolute atomic E-state index is 0.129. The maximum absolute atomic E-state index is 13.7. The number of hydrogen-bond donors (Lipinski definition) is 0. The lowest BCUT2D eigenvalue weighted by Crippen LogP contribution is -1.92. The van der Waals surface area contributed by atoms with Crippen molar-refractivity contribution in [2.75, 3.05) is 7.11 Å². The van der Waals surface area contributed by atoms with E-state index in [0.717, 1.165) is 12.1 Å². The van der Waals surface area contributed by atoms with Gasteiger partial charge in [0, 0.05) is 11.1 Å². The molecule has 0 saturated carbocycles. The van der Waals surface area contributed by atoms with Gasteiger partial charge in [-0.2, -0.15) is 0 Å². The topological polar surface area (TPSA) is 9.23 Å². The molecule has 0 spiro atoms. The standard InChI is InChI=1S/C13H9ClF2O/c1-17-13-5-3-2-4-8(13)9-6-12(16)10(14)7-11(9)15/h2-7H,1H3. The van der Waals surface area contributed by atoms with Gasteiger partial charge < -0.3 is 4.74 Å². The highest BCUT2D eigenvalue weighted by Gasteiger charge is 2.13. The van der Waals surface area contributed by atoms with Crippen molar-refractivity contribution < 1.29 is 13.5 Å². The van der Waals surface area contributed by atoms with Crippen LogP contribution in [0.2, 0.25) is 5.02 Å². The minimum atomic E-state index is -0.658. The molecule has 88 valence electrons. The molecule has 0 aliphatic rings. The summed E-state index contributed by atoms with van der Waals surface area (Å²) in [7, 11) is 1.48. The Hall–Kier alpha value is -1.61. The summed E-state index contributed by atoms with van der Waals surface area (Å²) < 4.78 is 32.2. The van der Waals surface area contributed by atoms with Crippen LogP contribution in [0.4, 0.5) is 8.78 Å². The van der Waals surface area contributed by atoms with Crippen LogP contribution in [0.5, 0.6) is 5.75 Å². The third-order valence-electron chi connectivity index (χ3n) is 2.41. The van der Waals surface area contributed by atoms with Gasteiger partial charge in [-0.3, -0.25) is 0 Å². The van der Waals surface area contributed by atoms with Gasteiger partial charge >= 0.3 is 0 Å². The summed E-state index contributed by atoms with van der Waals surface area (Å²) in [6.07, 6.45) is 0. The van der Waals surface area contributed by atoms with E-state index in [4.69, 9.17) is 16.3 Å². The molecule has 4 heteroatoms. The normalized spacial score (nSPS) is 10.4. The highest BCUT2D eigenvalue weighted by Crippen LogP contribution is 2.33. The predicted molar refractivity (Wildman–Crippen MR) is 63.4 cm³/mol. The van der Waals surface area contributed by atoms with Gasteiger partial charge in [0.25, 0.3) is 0 Å². The van der Waals surface area contributed by atoms with E-state index in [9.17, 15) is 8.78 Å². The Balaban J connectivity index is 2.64. The van der Waals surface area contributed by atoms with E-state index in [2.05, 4.69) is 0 Å². The van der Waals surface area contributed by atoms with Gasteiger partial charge in [-0.1, -0.05) is 29.8 Å². The Labute approximate surface area is 103 Å². The Morgan fingerprint density at radius 1 is 1.00 bits per heavy atom. The first-order chi connectivity index (χ1) is 8.13. The zero-order valence-electron chi connectivity index (χ0n) is 9.01. The molecule has 0 saturated heterocycles. The van der Waals surface area contributed by atoms with Crippen LogP contribution in [0, 0.1) is 11.6 Å². The maximum Gasteiger partial charge on any atom is 0.142 e. The third kappa shape index (κ3) is 2.24. The summed E-state index contributed by atoms with van der Waals surface area (Å²) >= 11 is 5.50. The van der Waals surface area contributed by atoms with E-state index in [0.29, 0.717) is 11.3 Å². The van der Waals surface area contributed by atoms with Crippen molar-refractivity contribution in [3.8, 4) is 16.9 Å². The molecule has 0 heterocycles. The van der Waals surface area contributed by atoms with Crippen LogP contribution in [0.3, 0.4) is 0 Å². The van der Waals surface area contributed by atoms with Gasteiger partial charge in [0.15, 0.2) is 0 Å². The summed E-state index contributed by atoms with van der Waals surface area (Å²) in [5.74, 6) is -0.761. The molecular weight excluding hydrogens is 246 g/mol. The highest BCUT2D eigenvalue weighted by molar-refractivity contribution is 6.30. The van der Waals surface area contributed by atoms with Crippen molar-refractivity contribution in [2.24, 2.45) is 0 Å². The lowest BCUT2D eigenvalue weighted by atomic mass is 10.0. The Kier molecular flexibility index (Phi) is 3.29. The van der Waals surface area contributed by atoms with Crippen molar-refractivity contribution in [3.05, 3.63) is 53.1 Å². The summed E-state index contributed by atoms with van der Waals surface area (Å²) in [6, 6.07) is 8.84. The molecule has 2 aromatic carbocycles. The molecule has 0 aliphatic carbocycles. The Morgan fingerprint density at radius 2 is 1.71 bits per heavy atom. The number of ether oxygens (including phenoxy) is 1. The van der Waals surface area contributed by atoms with E-state index < -0.39 is 11.6 Å². The number of para-hydroxylation sites is 1. The lowest BCUT2D eigenvalue weighted by Gasteiger charge is -2.09. The van der Waals surface area contributed by atoms with E-state index in [-0.39, 0.29) is 10.6 Å². The van der Waals surface area contributed by atoms with Crippen LogP contribution in [0.1, 0.15) is 0 Å². The molecule has 2 rings (SSSR count). The van der Waals surface area contributed by atoms with Crippen LogP contribution in [0.25, 0.3) is 11.1 Å². The molecule has 0 N–H and O–H groups in total. The molecular formula is C13H9ClF2O. The summed E-state index contributed by atoms with van der Waals surface area (Å²) in [5, 5.41) is -0.235. The molecule has 0 amide bonds. The SMILES string of the molecule is COc1ccccc1-c1cc(F)c(Cl)cc1F. The second kappa shape index (κ2) is 4.72. The molecule has 0 bridgehead atoms. The predicted octanol–water partition coefficient (Wildman–Crippen LogP) is 4.29. The second-order valence-corrected chi connectivity index (χ2v) is 3.85. The molecule has 0 atom stereocenters. The first-order valence-electron chi connectivity index (χ1n) is 4.91. The fourth-order valence-electron chi connectivity index (χ4n) is 1.60. The quantitative estimate of drug-likeness (QED) is 0.727. The monoisotopic (exact) mass is 254 g/mol. The molecule has 1 nitrogen and oxygen atoms in total. The Bertz CT molecular complexity index is 555. The molecule has 17 heavy (non-hydrogen) atoms. The smallest absolute Gasteiger partial charge is 0.142 e.